The molecule has 0 aliphatic carbocycles. The summed E-state index contributed by atoms with van der Waals surface area (Å²) in [6.45, 7) is 6.77. The second-order valence-corrected chi connectivity index (χ2v) is 8.58. The summed E-state index contributed by atoms with van der Waals surface area (Å²) in [6, 6.07) is 11.9. The fourth-order valence-corrected chi connectivity index (χ4v) is 4.84. The molecule has 2 aliphatic heterocycles. The molecule has 0 radical (unpaired) electrons. The summed E-state index contributed by atoms with van der Waals surface area (Å²) in [6.07, 6.45) is 7.45. The molecule has 0 bridgehead atoms. The zero-order valence-electron chi connectivity index (χ0n) is 18.1. The lowest BCUT2D eigenvalue weighted by atomic mass is 10.0. The number of carbonyl (C=O) groups excluding carboxylic acids is 1. The molecule has 1 unspecified atom stereocenters. The van der Waals surface area contributed by atoms with Crippen molar-refractivity contribution in [1.29, 1.82) is 0 Å². The number of hydrogen-bond donors (Lipinski definition) is 1. The molecule has 31 heavy (non-hydrogen) atoms. The van der Waals surface area contributed by atoms with Crippen LogP contribution in [0, 0.1) is 0 Å². The Morgan fingerprint density at radius 1 is 1.19 bits per heavy atom. The van der Waals surface area contributed by atoms with Crippen molar-refractivity contribution in [3.8, 4) is 11.5 Å². The Hall–Kier alpha value is -3.05. The van der Waals surface area contributed by atoms with Crippen molar-refractivity contribution in [3.05, 3.63) is 65.0 Å². The lowest BCUT2D eigenvalue weighted by molar-refractivity contribution is 0.101. The van der Waals surface area contributed by atoms with Crippen molar-refractivity contribution in [3.63, 3.8) is 0 Å². The minimum Gasteiger partial charge on any atom is -0.507 e. The monoisotopic (exact) mass is 416 g/mol. The number of hydrogen-bond acceptors (Lipinski definition) is 4. The zero-order chi connectivity index (χ0) is 21.5. The fraction of sp³-hybridized carbons (Fsp3) is 0.346. The molecule has 5 heteroatoms. The fourth-order valence-electron chi connectivity index (χ4n) is 4.84. The predicted molar refractivity (Wildman–Crippen MR) is 122 cm³/mol. The molecule has 0 saturated carbocycles. The van der Waals surface area contributed by atoms with E-state index in [9.17, 15) is 9.90 Å². The molecule has 5 rings (SSSR count). The smallest absolute Gasteiger partial charge is 0.231 e. The van der Waals surface area contributed by atoms with Gasteiger partial charge in [-0.3, -0.25) is 9.69 Å². The minimum atomic E-state index is -0.128. The van der Waals surface area contributed by atoms with Crippen LogP contribution in [0.15, 0.2) is 48.4 Å². The van der Waals surface area contributed by atoms with Crippen LogP contribution in [0.25, 0.3) is 17.0 Å². The van der Waals surface area contributed by atoms with Crippen molar-refractivity contribution in [2.75, 3.05) is 6.54 Å². The molecule has 160 valence electrons. The van der Waals surface area contributed by atoms with Gasteiger partial charge in [0.1, 0.15) is 11.5 Å². The zero-order valence-corrected chi connectivity index (χ0v) is 18.1. The Kier molecular flexibility index (Phi) is 5.06. The number of fused-ring (bicyclic) bond motifs is 2. The van der Waals surface area contributed by atoms with E-state index in [1.807, 2.05) is 18.2 Å². The number of phenolic OH excluding ortho intramolecular Hbond substituents is 1. The van der Waals surface area contributed by atoms with Crippen molar-refractivity contribution >= 4 is 22.8 Å². The molecule has 3 aromatic rings. The second kappa shape index (κ2) is 7.89. The maximum absolute atomic E-state index is 13.1. The van der Waals surface area contributed by atoms with Crippen LogP contribution in [0.2, 0.25) is 0 Å². The molecule has 0 spiro atoms. The van der Waals surface area contributed by atoms with Crippen LogP contribution in [0.4, 0.5) is 0 Å². The van der Waals surface area contributed by atoms with Crippen LogP contribution in [0.5, 0.6) is 11.5 Å². The van der Waals surface area contributed by atoms with Gasteiger partial charge < -0.3 is 14.4 Å². The highest BCUT2D eigenvalue weighted by Crippen LogP contribution is 2.41. The maximum Gasteiger partial charge on any atom is 0.231 e. The number of likely N-dealkylation sites (tertiary alicyclic amines) is 1. The number of nitrogens with zero attached hydrogens (tertiary/aromatic N) is 2. The van der Waals surface area contributed by atoms with E-state index in [2.05, 4.69) is 41.6 Å². The average molecular weight is 417 g/mol. The van der Waals surface area contributed by atoms with Gasteiger partial charge in [0, 0.05) is 41.8 Å². The van der Waals surface area contributed by atoms with E-state index in [1.54, 1.807) is 12.1 Å². The predicted octanol–water partition coefficient (Wildman–Crippen LogP) is 5.36. The number of para-hydroxylation sites is 1. The van der Waals surface area contributed by atoms with Crippen molar-refractivity contribution in [1.82, 2.24) is 9.47 Å². The third-order valence-electron chi connectivity index (χ3n) is 6.66. The van der Waals surface area contributed by atoms with Gasteiger partial charge in [-0.25, -0.2) is 0 Å². The first kappa shape index (κ1) is 19.9. The number of ketones is 1. The lowest BCUT2D eigenvalue weighted by Crippen LogP contribution is -2.36. The summed E-state index contributed by atoms with van der Waals surface area (Å²) in [5.74, 6) is 0.880. The number of aromatic nitrogens is 1. The first-order valence-corrected chi connectivity index (χ1v) is 11.2. The number of allylic oxidation sites excluding steroid dienone is 1. The molecule has 3 heterocycles. The average Bonchev–Trinajstić information content (AvgIpc) is 3.29. The van der Waals surface area contributed by atoms with Gasteiger partial charge in [0.05, 0.1) is 11.1 Å². The highest BCUT2D eigenvalue weighted by atomic mass is 16.5. The van der Waals surface area contributed by atoms with E-state index in [0.717, 1.165) is 42.4 Å². The highest BCUT2D eigenvalue weighted by molar-refractivity contribution is 6.15. The highest BCUT2D eigenvalue weighted by Gasteiger charge is 2.32. The molecule has 2 aromatic carbocycles. The Morgan fingerprint density at radius 2 is 2.03 bits per heavy atom. The number of piperidine rings is 1. The quantitative estimate of drug-likeness (QED) is 0.582. The topological polar surface area (TPSA) is 54.7 Å². The summed E-state index contributed by atoms with van der Waals surface area (Å²) in [4.78, 5) is 15.5. The van der Waals surface area contributed by atoms with Gasteiger partial charge in [-0.1, -0.05) is 24.6 Å². The number of aromatic hydroxyl groups is 1. The van der Waals surface area contributed by atoms with Gasteiger partial charge in [0.25, 0.3) is 0 Å². The summed E-state index contributed by atoms with van der Waals surface area (Å²) in [5, 5.41) is 11.7. The number of benzene rings is 2. The molecular formula is C26H28N2O3. The van der Waals surface area contributed by atoms with Gasteiger partial charge in [0.2, 0.25) is 5.78 Å². The van der Waals surface area contributed by atoms with Crippen molar-refractivity contribution < 1.29 is 14.6 Å². The van der Waals surface area contributed by atoms with E-state index in [1.165, 1.54) is 6.42 Å². The van der Waals surface area contributed by atoms with Crippen LogP contribution in [-0.2, 0) is 13.1 Å². The van der Waals surface area contributed by atoms with E-state index in [0.29, 0.717) is 35.2 Å². The van der Waals surface area contributed by atoms with E-state index in [-0.39, 0.29) is 11.5 Å². The second-order valence-electron chi connectivity index (χ2n) is 8.58. The number of phenols is 1. The summed E-state index contributed by atoms with van der Waals surface area (Å²) in [7, 11) is 0. The molecule has 1 fully saturated rings. The van der Waals surface area contributed by atoms with Gasteiger partial charge in [-0.15, -0.1) is 0 Å². The number of aryl methyl sites for hydroxylation is 1. The number of Topliss-reactive ketones (excluding diaryl/α,β-unsaturated/α-hetero) is 1. The number of ether oxygens (including phenoxy) is 1. The Balaban J connectivity index is 1.52. The van der Waals surface area contributed by atoms with Gasteiger partial charge in [0.15, 0.2) is 5.76 Å². The van der Waals surface area contributed by atoms with Crippen LogP contribution in [-0.4, -0.2) is 32.9 Å². The van der Waals surface area contributed by atoms with E-state index < -0.39 is 0 Å². The van der Waals surface area contributed by atoms with Gasteiger partial charge in [-0.2, -0.15) is 0 Å². The molecule has 0 amide bonds. The van der Waals surface area contributed by atoms with E-state index in [4.69, 9.17) is 4.74 Å². The minimum absolute atomic E-state index is 0.128. The van der Waals surface area contributed by atoms with E-state index >= 15 is 0 Å². The summed E-state index contributed by atoms with van der Waals surface area (Å²) >= 11 is 0. The maximum atomic E-state index is 13.1. The third kappa shape index (κ3) is 3.43. The lowest BCUT2D eigenvalue weighted by Gasteiger charge is -2.33. The summed E-state index contributed by atoms with van der Waals surface area (Å²) < 4.78 is 8.29. The molecule has 1 N–H and O–H groups in total. The molecule has 1 atom stereocenters. The first-order chi connectivity index (χ1) is 15.1. The Morgan fingerprint density at radius 3 is 2.84 bits per heavy atom. The van der Waals surface area contributed by atoms with Crippen LogP contribution >= 0.6 is 0 Å². The van der Waals surface area contributed by atoms with Crippen LogP contribution in [0.1, 0.15) is 54.6 Å². The molecular weight excluding hydrogens is 388 g/mol. The largest absolute Gasteiger partial charge is 0.507 e. The van der Waals surface area contributed by atoms with Gasteiger partial charge in [-0.05, 0) is 57.5 Å². The molecule has 5 nitrogen and oxygen atoms in total. The standard InChI is InChI=1S/C26H28N2O3/c1-3-27-15-18(19-9-4-5-10-22(19)27)14-24-25(30)20-11-12-23(29)21(26(20)31-24)16-28-13-7-6-8-17(28)2/h4-5,9-12,14-15,17,29H,3,6-8,13,16H2,1-2H3/b24-14-. The van der Waals surface area contributed by atoms with Crippen molar-refractivity contribution in [2.45, 2.75) is 52.2 Å². The molecule has 2 aliphatic rings. The SMILES string of the molecule is CCn1cc(/C=C2\Oc3c(ccc(O)c3CN3CCCCC3C)C2=O)c2ccccc21. The Bertz CT molecular complexity index is 1190. The van der Waals surface area contributed by atoms with Crippen molar-refractivity contribution in [2.24, 2.45) is 0 Å². The van der Waals surface area contributed by atoms with Gasteiger partial charge >= 0.3 is 0 Å². The molecule has 1 aromatic heterocycles. The summed E-state index contributed by atoms with van der Waals surface area (Å²) in [5.41, 5.74) is 3.34. The Labute approximate surface area is 182 Å². The third-order valence-corrected chi connectivity index (χ3v) is 6.66. The molecule has 1 saturated heterocycles. The number of carbonyl (C=O) groups is 1. The first-order valence-electron chi connectivity index (χ1n) is 11.2. The van der Waals surface area contributed by atoms with Crippen LogP contribution in [0.3, 0.4) is 0 Å². The number of rotatable bonds is 4. The normalized spacial score (nSPS) is 20.4. The van der Waals surface area contributed by atoms with Crippen LogP contribution < -0.4 is 4.74 Å².